The van der Waals surface area contributed by atoms with Gasteiger partial charge in [-0.1, -0.05) is 308 Å². The molecule has 31 rings (SSSR count). The third kappa shape index (κ3) is 11.6. The molecule has 0 radical (unpaired) electrons. The number of rotatable bonds is 11. The Kier molecular flexibility index (Phi) is 16.8. The van der Waals surface area contributed by atoms with Crippen LogP contribution in [-0.2, 0) is 16.2 Å². The topological polar surface area (TPSA) is 55.4 Å². The molecule has 0 atom stereocenters. The predicted molar refractivity (Wildman–Crippen MR) is 605 cm³/mol. The average Bonchev–Trinajstić information content (AvgIpc) is 1.56. The average molecular weight is 1850 g/mol. The number of hydrogen-bond acceptors (Lipinski definition) is 2. The molecule has 0 fully saturated rings. The summed E-state index contributed by atoms with van der Waals surface area (Å²) in [5.74, 6) is 0.635. The van der Waals surface area contributed by atoms with E-state index in [-0.39, 0.29) is 16.2 Å². The minimum atomic E-state index is -0.143. The van der Waals surface area contributed by atoms with Crippen molar-refractivity contribution in [3.05, 3.63) is 482 Å². The Morgan fingerprint density at radius 1 is 0.152 bits per heavy atom. The second-order valence-corrected chi connectivity index (χ2v) is 41.9. The Hall–Kier alpha value is -18.2. The van der Waals surface area contributed by atoms with Crippen LogP contribution < -0.4 is 0 Å². The summed E-state index contributed by atoms with van der Waals surface area (Å²) in [6, 6.07) is 169. The van der Waals surface area contributed by atoms with E-state index < -0.39 is 0 Å². The van der Waals surface area contributed by atoms with E-state index in [2.05, 4.69) is 518 Å². The first-order valence-electron chi connectivity index (χ1n) is 50.6. The van der Waals surface area contributed by atoms with Crippen LogP contribution in [0.25, 0.3) is 265 Å². The van der Waals surface area contributed by atoms with Crippen LogP contribution in [0.3, 0.4) is 0 Å². The summed E-state index contributed by atoms with van der Waals surface area (Å²) in [5, 5.41) is 15.4. The zero-order valence-electron chi connectivity index (χ0n) is 80.8. The highest BCUT2D eigenvalue weighted by atomic mass is 15.0. The third-order valence-electron chi connectivity index (χ3n) is 33.2. The van der Waals surface area contributed by atoms with Gasteiger partial charge in [0, 0.05) is 132 Å². The van der Waals surface area contributed by atoms with E-state index in [1.54, 1.807) is 0 Å². The van der Waals surface area contributed by atoms with Crippen molar-refractivity contribution < 1.29 is 0 Å². The maximum atomic E-state index is 5.88. The number of benzene rings is 21. The number of hydrogen-bond donors (Lipinski definition) is 0. The zero-order chi connectivity index (χ0) is 95.9. The highest BCUT2D eigenvalue weighted by Crippen LogP contribution is 2.55. The van der Waals surface area contributed by atoms with Crippen molar-refractivity contribution in [2.45, 2.75) is 57.8 Å². The maximum Gasteiger partial charge on any atom is 0.160 e. The molecule has 0 saturated heterocycles. The van der Waals surface area contributed by atoms with Gasteiger partial charge in [-0.3, -0.25) is 0 Å². The maximum absolute atomic E-state index is 5.88. The number of para-hydroxylation sites is 6. The van der Waals surface area contributed by atoms with Gasteiger partial charge in [-0.15, -0.1) is 0 Å². The van der Waals surface area contributed by atoms with E-state index in [0.717, 1.165) is 123 Å². The SMILES string of the molecule is CC1(C)c2ccccc2-c2ccc(-n3c4ccccc4c4ccc(-c5ccc6c(c5)c5ccccc5n6-c5ccc(-c6nc(-c7cccc(-n8c9ccccc9c9cc(-c%10ccc%11c%12ccccc%12n(-c%12ccc%13c(c%12)C(C)(C)c%12ccccc%12-%13)c%11c%10)ccc98)c7)c7cc(-n8c9ccccc9c9cc(-c%10ccc%11c%12ccccc%12n(-c%12ccc%13c(c%12)C(C)(C)c%12ccccc%12-%13)c%11c%10)ccc98)ccc7n6)cc5)cc43)cc21. The molecule has 3 aliphatic carbocycles. The standard InChI is InChI=1S/C137H92N8/c1-135(2)114-37-16-7-28-95(114)98-63-56-92(78-117(98)135)143-121-40-19-10-31-101(121)107-60-48-85(74-130(107)143)82-51-67-127-110(71-82)104-34-13-22-43-124(104)140(127)89-54-46-81(47-55-89)134-138-120-66-59-91(142-126-45-24-15-36-106(126)112-73-84(53-69-129(112)142)87-50-62-109-103-33-12-21-42-123(103)145(132(109)76-87)94-58-65-100-97-30-9-18-39-116(97)137(5,6)119(100)80-94)77-113(120)133(139-134)88-26-25-27-90(70-88)141-125-44-23-14-35-105(125)111-72-83(52-68-128(111)141)86-49-61-108-102-32-11-20-41-122(102)144(131(108)75-86)93-57-64-99-96-29-8-17-38-115(96)136(3,4)118(99)79-93/h7-80H,1-6H3. The van der Waals surface area contributed by atoms with Crippen molar-refractivity contribution in [2.24, 2.45) is 0 Å². The van der Waals surface area contributed by atoms with Crippen LogP contribution in [0.4, 0.5) is 0 Å². The Balaban J connectivity index is 0.533. The molecule has 0 amide bonds. The molecule has 680 valence electrons. The molecular weight excluding hydrogens is 1760 g/mol. The molecule has 7 heterocycles. The van der Waals surface area contributed by atoms with Crippen LogP contribution in [-0.4, -0.2) is 37.4 Å². The van der Waals surface area contributed by atoms with Crippen molar-refractivity contribution in [1.82, 2.24) is 37.4 Å². The molecule has 28 aromatic rings. The van der Waals surface area contributed by atoms with E-state index in [0.29, 0.717) is 5.82 Å². The smallest absolute Gasteiger partial charge is 0.160 e. The van der Waals surface area contributed by atoms with Gasteiger partial charge >= 0.3 is 0 Å². The lowest BCUT2D eigenvalue weighted by atomic mass is 9.82. The molecule has 145 heavy (non-hydrogen) atoms. The third-order valence-corrected chi connectivity index (χ3v) is 33.2. The van der Waals surface area contributed by atoms with Gasteiger partial charge in [0.05, 0.1) is 77.4 Å². The lowest BCUT2D eigenvalue weighted by Gasteiger charge is -2.22. The fraction of sp³-hybridized carbons (Fsp3) is 0.0657. The van der Waals surface area contributed by atoms with E-state index in [1.807, 2.05) is 0 Å². The van der Waals surface area contributed by atoms with E-state index in [1.165, 1.54) is 170 Å². The fourth-order valence-electron chi connectivity index (χ4n) is 26.2. The largest absolute Gasteiger partial charge is 0.309 e. The van der Waals surface area contributed by atoms with Crippen molar-refractivity contribution in [2.75, 3.05) is 0 Å². The molecule has 0 unspecified atom stereocenters. The van der Waals surface area contributed by atoms with Crippen molar-refractivity contribution in [3.8, 4) is 124 Å². The molecular formula is C137H92N8. The molecule has 3 aliphatic rings. The monoisotopic (exact) mass is 1850 g/mol. The zero-order valence-corrected chi connectivity index (χ0v) is 80.8. The van der Waals surface area contributed by atoms with Crippen LogP contribution in [0.1, 0.15) is 74.9 Å². The molecule has 0 saturated carbocycles. The van der Waals surface area contributed by atoms with Crippen LogP contribution in [0.2, 0.25) is 0 Å². The van der Waals surface area contributed by atoms with Gasteiger partial charge in [0.25, 0.3) is 0 Å². The Morgan fingerprint density at radius 3 is 0.800 bits per heavy atom. The van der Waals surface area contributed by atoms with Gasteiger partial charge < -0.3 is 27.4 Å². The molecule has 0 aliphatic heterocycles. The summed E-state index contributed by atoms with van der Waals surface area (Å²) in [6.07, 6.45) is 0. The molecule has 0 spiro atoms. The quantitative estimate of drug-likeness (QED) is 0.130. The molecule has 7 aromatic heterocycles. The summed E-state index contributed by atoms with van der Waals surface area (Å²) >= 11 is 0. The Labute approximate surface area is 836 Å². The highest BCUT2D eigenvalue weighted by molar-refractivity contribution is 6.18. The van der Waals surface area contributed by atoms with Crippen LogP contribution in [0, 0.1) is 0 Å². The van der Waals surface area contributed by atoms with Crippen molar-refractivity contribution >= 4 is 142 Å². The lowest BCUT2D eigenvalue weighted by Crippen LogP contribution is -2.15. The first-order chi connectivity index (χ1) is 71.1. The number of fused-ring (bicyclic) bond motifs is 28. The van der Waals surface area contributed by atoms with Gasteiger partial charge in [-0.2, -0.15) is 0 Å². The minimum absolute atomic E-state index is 0.134. The molecule has 0 bridgehead atoms. The molecule has 21 aromatic carbocycles. The fourth-order valence-corrected chi connectivity index (χ4v) is 26.2. The Morgan fingerprint density at radius 2 is 0.421 bits per heavy atom. The minimum Gasteiger partial charge on any atom is -0.309 e. The molecule has 0 N–H and O–H groups in total. The second-order valence-electron chi connectivity index (χ2n) is 41.9. The summed E-state index contributed by atoms with van der Waals surface area (Å²) in [6.45, 7) is 14.2. The highest BCUT2D eigenvalue weighted by Gasteiger charge is 2.40. The lowest BCUT2D eigenvalue weighted by molar-refractivity contribution is 0.660. The van der Waals surface area contributed by atoms with Gasteiger partial charge in [0.1, 0.15) is 0 Å². The van der Waals surface area contributed by atoms with Gasteiger partial charge in [0.2, 0.25) is 0 Å². The van der Waals surface area contributed by atoms with Crippen LogP contribution >= 0.6 is 0 Å². The van der Waals surface area contributed by atoms with Crippen molar-refractivity contribution in [1.29, 1.82) is 0 Å². The predicted octanol–water partition coefficient (Wildman–Crippen LogP) is 35.5. The Bertz CT molecular complexity index is 10600. The summed E-state index contributed by atoms with van der Waals surface area (Å²) in [5.41, 5.74) is 46.6. The normalized spacial score (nSPS) is 13.8. The molecule has 8 nitrogen and oxygen atoms in total. The van der Waals surface area contributed by atoms with Crippen molar-refractivity contribution in [3.63, 3.8) is 0 Å². The van der Waals surface area contributed by atoms with E-state index in [4.69, 9.17) is 9.97 Å². The molecule has 8 heteroatoms. The van der Waals surface area contributed by atoms with Crippen LogP contribution in [0.15, 0.2) is 449 Å². The van der Waals surface area contributed by atoms with Gasteiger partial charge in [0.15, 0.2) is 5.82 Å². The summed E-state index contributed by atoms with van der Waals surface area (Å²) in [7, 11) is 0. The number of nitrogens with zero attached hydrogens (tertiary/aromatic N) is 8. The summed E-state index contributed by atoms with van der Waals surface area (Å²) in [4.78, 5) is 11.5. The van der Waals surface area contributed by atoms with Gasteiger partial charge in [-0.25, -0.2) is 9.97 Å². The first-order valence-corrected chi connectivity index (χ1v) is 50.6. The van der Waals surface area contributed by atoms with Crippen LogP contribution in [0.5, 0.6) is 0 Å². The summed E-state index contributed by atoms with van der Waals surface area (Å²) < 4.78 is 14.8. The first kappa shape index (κ1) is 81.6. The van der Waals surface area contributed by atoms with E-state index >= 15 is 0 Å². The van der Waals surface area contributed by atoms with E-state index in [9.17, 15) is 0 Å². The second kappa shape index (κ2) is 29.9. The van der Waals surface area contributed by atoms with Gasteiger partial charge in [-0.05, 0) is 282 Å². The number of aromatic nitrogens is 8.